The van der Waals surface area contributed by atoms with Gasteiger partial charge in [-0.15, -0.1) is 11.8 Å². The number of aliphatic hydroxyl groups is 1. The third-order valence-electron chi connectivity index (χ3n) is 2.50. The zero-order valence-corrected chi connectivity index (χ0v) is 7.35. The van der Waals surface area contributed by atoms with Crippen LogP contribution in [0.2, 0.25) is 0 Å². The lowest BCUT2D eigenvalue weighted by atomic mass is 9.85. The molecule has 0 bridgehead atoms. The fraction of sp³-hybridized carbons (Fsp3) is 0.800. The molecule has 0 saturated heterocycles. The molecule has 1 heteroatoms. The van der Waals surface area contributed by atoms with E-state index in [-0.39, 0.29) is 6.10 Å². The van der Waals surface area contributed by atoms with E-state index in [0.717, 1.165) is 25.7 Å². The van der Waals surface area contributed by atoms with Crippen LogP contribution in [0.15, 0.2) is 0 Å². The van der Waals surface area contributed by atoms with Crippen LogP contribution in [0.25, 0.3) is 0 Å². The molecule has 62 valence electrons. The Morgan fingerprint density at radius 1 is 1.64 bits per heavy atom. The summed E-state index contributed by atoms with van der Waals surface area (Å²) in [6.07, 6.45) is 3.89. The quantitative estimate of drug-likeness (QED) is 0.569. The van der Waals surface area contributed by atoms with Gasteiger partial charge in [0.1, 0.15) is 0 Å². The van der Waals surface area contributed by atoms with E-state index < -0.39 is 0 Å². The summed E-state index contributed by atoms with van der Waals surface area (Å²) < 4.78 is 0. The first kappa shape index (κ1) is 8.62. The predicted octanol–water partition coefficient (Wildman–Crippen LogP) is 1.95. The van der Waals surface area contributed by atoms with Crippen molar-refractivity contribution in [3.05, 3.63) is 0 Å². The number of aliphatic hydroxyl groups excluding tert-OH is 1. The zero-order valence-electron chi connectivity index (χ0n) is 7.35. The van der Waals surface area contributed by atoms with Gasteiger partial charge in [-0.25, -0.2) is 0 Å². The molecular weight excluding hydrogens is 136 g/mol. The van der Waals surface area contributed by atoms with Gasteiger partial charge in [0.2, 0.25) is 0 Å². The van der Waals surface area contributed by atoms with E-state index in [1.54, 1.807) is 0 Å². The maximum Gasteiger partial charge on any atom is 0.0546 e. The van der Waals surface area contributed by atoms with Crippen molar-refractivity contribution < 1.29 is 5.11 Å². The molecule has 1 rings (SSSR count). The lowest BCUT2D eigenvalue weighted by molar-refractivity contribution is 0.165. The Morgan fingerprint density at radius 3 is 2.82 bits per heavy atom. The Bertz CT molecular complexity index is 187. The maximum atomic E-state index is 9.32. The second-order valence-corrected chi connectivity index (χ2v) is 3.81. The minimum Gasteiger partial charge on any atom is -0.393 e. The molecule has 2 unspecified atom stereocenters. The highest BCUT2D eigenvalue weighted by Gasteiger charge is 2.33. The molecule has 0 amide bonds. The molecule has 1 fully saturated rings. The third-order valence-corrected chi connectivity index (χ3v) is 2.50. The molecule has 0 aromatic rings. The molecule has 0 aromatic heterocycles. The average Bonchev–Trinajstić information content (AvgIpc) is 2.28. The van der Waals surface area contributed by atoms with Gasteiger partial charge in [-0.1, -0.05) is 6.92 Å². The Kier molecular flexibility index (Phi) is 2.57. The fourth-order valence-corrected chi connectivity index (χ4v) is 1.75. The summed E-state index contributed by atoms with van der Waals surface area (Å²) in [7, 11) is 0. The Labute approximate surface area is 68.8 Å². The second kappa shape index (κ2) is 3.28. The molecule has 1 aliphatic rings. The van der Waals surface area contributed by atoms with Gasteiger partial charge in [-0.05, 0) is 31.6 Å². The van der Waals surface area contributed by atoms with Gasteiger partial charge in [-0.3, -0.25) is 0 Å². The maximum absolute atomic E-state index is 9.32. The molecular formula is C10H16O. The van der Waals surface area contributed by atoms with Crippen molar-refractivity contribution in [3.8, 4) is 11.8 Å². The zero-order chi connectivity index (χ0) is 8.32. The topological polar surface area (TPSA) is 20.2 Å². The summed E-state index contributed by atoms with van der Waals surface area (Å²) in [5, 5.41) is 9.32. The molecule has 0 spiro atoms. The molecule has 1 aliphatic carbocycles. The average molecular weight is 152 g/mol. The van der Waals surface area contributed by atoms with Crippen molar-refractivity contribution in [1.29, 1.82) is 0 Å². The van der Waals surface area contributed by atoms with Gasteiger partial charge in [-0.2, -0.15) is 0 Å². The first-order valence-electron chi connectivity index (χ1n) is 4.24. The highest BCUT2D eigenvalue weighted by molar-refractivity contribution is 5.02. The third kappa shape index (κ3) is 2.24. The SMILES string of the molecule is CC#CCC1(C)CCC(O)C1. The highest BCUT2D eigenvalue weighted by atomic mass is 16.3. The summed E-state index contributed by atoms with van der Waals surface area (Å²) in [6, 6.07) is 0. The normalized spacial score (nSPS) is 36.5. The predicted molar refractivity (Wildman–Crippen MR) is 46.0 cm³/mol. The molecule has 11 heavy (non-hydrogen) atoms. The van der Waals surface area contributed by atoms with Crippen molar-refractivity contribution in [2.75, 3.05) is 0 Å². The van der Waals surface area contributed by atoms with E-state index in [4.69, 9.17) is 0 Å². The van der Waals surface area contributed by atoms with E-state index >= 15 is 0 Å². The van der Waals surface area contributed by atoms with E-state index in [0.29, 0.717) is 5.41 Å². The van der Waals surface area contributed by atoms with Crippen LogP contribution in [0, 0.1) is 17.3 Å². The second-order valence-electron chi connectivity index (χ2n) is 3.81. The van der Waals surface area contributed by atoms with E-state index in [1.807, 2.05) is 6.92 Å². The van der Waals surface area contributed by atoms with Crippen LogP contribution in [-0.4, -0.2) is 11.2 Å². The molecule has 0 aliphatic heterocycles. The Hall–Kier alpha value is -0.480. The molecule has 2 atom stereocenters. The van der Waals surface area contributed by atoms with Crippen LogP contribution in [0.4, 0.5) is 0 Å². The lowest BCUT2D eigenvalue weighted by Gasteiger charge is -2.19. The van der Waals surface area contributed by atoms with Crippen LogP contribution in [0.3, 0.4) is 0 Å². The van der Waals surface area contributed by atoms with E-state index in [9.17, 15) is 5.11 Å². The first-order valence-corrected chi connectivity index (χ1v) is 4.24. The Balaban J connectivity index is 2.46. The fourth-order valence-electron chi connectivity index (χ4n) is 1.75. The van der Waals surface area contributed by atoms with Crippen molar-refractivity contribution in [2.24, 2.45) is 5.41 Å². The monoisotopic (exact) mass is 152 g/mol. The molecule has 1 nitrogen and oxygen atoms in total. The summed E-state index contributed by atoms with van der Waals surface area (Å²) >= 11 is 0. The van der Waals surface area contributed by atoms with E-state index in [2.05, 4.69) is 18.8 Å². The van der Waals surface area contributed by atoms with Crippen LogP contribution >= 0.6 is 0 Å². The van der Waals surface area contributed by atoms with Crippen LogP contribution in [-0.2, 0) is 0 Å². The first-order chi connectivity index (χ1) is 5.16. The molecule has 1 saturated carbocycles. The molecule has 0 aromatic carbocycles. The number of hydrogen-bond donors (Lipinski definition) is 1. The largest absolute Gasteiger partial charge is 0.393 e. The van der Waals surface area contributed by atoms with Gasteiger partial charge in [0.05, 0.1) is 6.10 Å². The number of hydrogen-bond acceptors (Lipinski definition) is 1. The lowest BCUT2D eigenvalue weighted by Crippen LogP contribution is -2.12. The van der Waals surface area contributed by atoms with Gasteiger partial charge in [0.25, 0.3) is 0 Å². The van der Waals surface area contributed by atoms with Gasteiger partial charge in [0.15, 0.2) is 0 Å². The van der Waals surface area contributed by atoms with E-state index in [1.165, 1.54) is 0 Å². The highest BCUT2D eigenvalue weighted by Crippen LogP contribution is 2.40. The van der Waals surface area contributed by atoms with Crippen LogP contribution in [0.5, 0.6) is 0 Å². The van der Waals surface area contributed by atoms with Gasteiger partial charge < -0.3 is 5.11 Å². The van der Waals surface area contributed by atoms with Crippen molar-refractivity contribution in [1.82, 2.24) is 0 Å². The summed E-state index contributed by atoms with van der Waals surface area (Å²) in [4.78, 5) is 0. The smallest absolute Gasteiger partial charge is 0.0546 e. The minimum atomic E-state index is -0.0707. The summed E-state index contributed by atoms with van der Waals surface area (Å²) in [5.74, 6) is 5.99. The minimum absolute atomic E-state index is 0.0707. The van der Waals surface area contributed by atoms with Crippen LogP contribution in [0.1, 0.15) is 39.5 Å². The molecule has 1 N–H and O–H groups in total. The van der Waals surface area contributed by atoms with Gasteiger partial charge >= 0.3 is 0 Å². The Morgan fingerprint density at radius 2 is 2.36 bits per heavy atom. The molecule has 0 radical (unpaired) electrons. The van der Waals surface area contributed by atoms with Crippen molar-refractivity contribution in [2.45, 2.75) is 45.6 Å². The summed E-state index contributed by atoms with van der Waals surface area (Å²) in [5.41, 5.74) is 0.294. The van der Waals surface area contributed by atoms with Crippen molar-refractivity contribution in [3.63, 3.8) is 0 Å². The standard InChI is InChI=1S/C10H16O/c1-3-4-6-10(2)7-5-9(11)8-10/h9,11H,5-8H2,1-2H3. The van der Waals surface area contributed by atoms with Crippen molar-refractivity contribution >= 4 is 0 Å². The number of rotatable bonds is 1. The summed E-state index contributed by atoms with van der Waals surface area (Å²) in [6.45, 7) is 4.09. The molecule has 0 heterocycles. The van der Waals surface area contributed by atoms with Crippen LogP contribution < -0.4 is 0 Å². The van der Waals surface area contributed by atoms with Gasteiger partial charge in [0, 0.05) is 6.42 Å².